The molecule has 1 aromatic heterocycles. The highest BCUT2D eigenvalue weighted by atomic mass is 35.5. The average Bonchev–Trinajstić information content (AvgIpc) is 3.25. The fourth-order valence-corrected chi connectivity index (χ4v) is 4.18. The zero-order valence-electron chi connectivity index (χ0n) is 19.0. The van der Waals surface area contributed by atoms with Gasteiger partial charge in [0.05, 0.1) is 28.7 Å². The molecular weight excluding hydrogens is 464 g/mol. The first-order valence-corrected chi connectivity index (χ1v) is 11.2. The van der Waals surface area contributed by atoms with Crippen LogP contribution in [0.2, 0.25) is 5.02 Å². The van der Waals surface area contributed by atoms with Gasteiger partial charge in [-0.15, -0.1) is 0 Å². The smallest absolute Gasteiger partial charge is 0.336 e. The minimum atomic E-state index is -1.01. The number of carboxylic acids is 1. The number of carboxylic acid groups (broad SMARTS) is 1. The van der Waals surface area contributed by atoms with Crippen LogP contribution in [0.3, 0.4) is 0 Å². The van der Waals surface area contributed by atoms with E-state index in [1.165, 1.54) is 6.07 Å². The summed E-state index contributed by atoms with van der Waals surface area (Å²) in [5, 5.41) is 9.92. The maximum Gasteiger partial charge on any atom is 0.336 e. The van der Waals surface area contributed by atoms with Crippen molar-refractivity contribution in [3.8, 4) is 39.8 Å². The maximum absolute atomic E-state index is 11.4. The van der Waals surface area contributed by atoms with Gasteiger partial charge in [0.15, 0.2) is 0 Å². The van der Waals surface area contributed by atoms with Gasteiger partial charge in [-0.1, -0.05) is 54.1 Å². The standard InChI is InChI=1S/C28H21ClN2O4/c1-16-3-10-21(13-22(16)27(32)33)35-28-30-25-14-23(24(29)15-26(25)31-28)19-6-4-17(5-7-19)18-8-11-20(34-2)12-9-18/h3-15H,1-2H3,(H,30,31)(H,32,33). The van der Waals surface area contributed by atoms with Gasteiger partial charge in [-0.3, -0.25) is 0 Å². The number of aromatic amines is 1. The summed E-state index contributed by atoms with van der Waals surface area (Å²) in [5.74, 6) is 0.192. The molecule has 7 heteroatoms. The Morgan fingerprint density at radius 2 is 1.51 bits per heavy atom. The number of nitrogens with one attached hydrogen (secondary N) is 1. The molecule has 6 nitrogen and oxygen atoms in total. The average molecular weight is 485 g/mol. The summed E-state index contributed by atoms with van der Waals surface area (Å²) in [6, 6.07) is 24.9. The number of fused-ring (bicyclic) bond motifs is 1. The van der Waals surface area contributed by atoms with Crippen molar-refractivity contribution in [3.63, 3.8) is 0 Å². The summed E-state index contributed by atoms with van der Waals surface area (Å²) in [5.41, 5.74) is 6.23. The van der Waals surface area contributed by atoms with E-state index in [0.29, 0.717) is 27.4 Å². The van der Waals surface area contributed by atoms with Crippen LogP contribution < -0.4 is 9.47 Å². The summed E-state index contributed by atoms with van der Waals surface area (Å²) in [6.45, 7) is 1.74. The molecule has 0 aliphatic heterocycles. The number of carbonyl (C=O) groups is 1. The van der Waals surface area contributed by atoms with Crippen LogP contribution in [-0.4, -0.2) is 28.2 Å². The van der Waals surface area contributed by atoms with Crippen LogP contribution >= 0.6 is 11.6 Å². The predicted octanol–water partition coefficient (Wildman–Crippen LogP) is 7.36. The first-order chi connectivity index (χ1) is 16.9. The third-order valence-corrected chi connectivity index (χ3v) is 6.13. The summed E-state index contributed by atoms with van der Waals surface area (Å²) in [4.78, 5) is 19.0. The Morgan fingerprint density at radius 1 is 0.886 bits per heavy atom. The number of ether oxygens (including phenoxy) is 2. The Labute approximate surface area is 206 Å². The van der Waals surface area contributed by atoms with Gasteiger partial charge in [0, 0.05) is 5.56 Å². The predicted molar refractivity (Wildman–Crippen MR) is 137 cm³/mol. The molecule has 0 saturated heterocycles. The van der Waals surface area contributed by atoms with Crippen LogP contribution in [0, 0.1) is 6.92 Å². The van der Waals surface area contributed by atoms with Gasteiger partial charge < -0.3 is 19.6 Å². The molecule has 0 aliphatic carbocycles. The zero-order valence-corrected chi connectivity index (χ0v) is 19.8. The van der Waals surface area contributed by atoms with E-state index < -0.39 is 5.97 Å². The van der Waals surface area contributed by atoms with Crippen molar-refractivity contribution in [3.05, 3.63) is 95.0 Å². The van der Waals surface area contributed by atoms with Gasteiger partial charge in [-0.25, -0.2) is 4.79 Å². The van der Waals surface area contributed by atoms with Crippen LogP contribution in [0.4, 0.5) is 0 Å². The summed E-state index contributed by atoms with van der Waals surface area (Å²) in [7, 11) is 1.65. The number of halogens is 1. The third-order valence-electron chi connectivity index (χ3n) is 5.82. The number of methoxy groups -OCH3 is 1. The number of nitrogens with zero attached hydrogens (tertiary/aromatic N) is 1. The van der Waals surface area contributed by atoms with Gasteiger partial charge in [0.1, 0.15) is 11.5 Å². The Morgan fingerprint density at radius 3 is 2.17 bits per heavy atom. The molecule has 0 spiro atoms. The molecule has 4 aromatic carbocycles. The molecule has 0 aliphatic rings. The van der Waals surface area contributed by atoms with Crippen LogP contribution in [0.5, 0.6) is 17.5 Å². The van der Waals surface area contributed by atoms with E-state index in [0.717, 1.165) is 28.0 Å². The Balaban J connectivity index is 1.42. The highest BCUT2D eigenvalue weighted by Gasteiger charge is 2.13. The van der Waals surface area contributed by atoms with E-state index in [2.05, 4.69) is 9.97 Å². The number of aryl methyl sites for hydroxylation is 1. The van der Waals surface area contributed by atoms with Gasteiger partial charge in [-0.05, 0) is 65.6 Å². The topological polar surface area (TPSA) is 84.4 Å². The number of imidazole rings is 1. The SMILES string of the molecule is COc1ccc(-c2ccc(-c3cc4nc(Oc5ccc(C)c(C(=O)O)c5)[nH]c4cc3Cl)cc2)cc1. The molecule has 2 N–H and O–H groups in total. The lowest BCUT2D eigenvalue weighted by molar-refractivity contribution is 0.0695. The number of benzene rings is 4. The second-order valence-electron chi connectivity index (χ2n) is 8.08. The van der Waals surface area contributed by atoms with Crippen molar-refractivity contribution in [2.45, 2.75) is 6.92 Å². The Bertz CT molecular complexity index is 1540. The van der Waals surface area contributed by atoms with Crippen LogP contribution in [0.1, 0.15) is 15.9 Å². The number of H-pyrrole nitrogens is 1. The lowest BCUT2D eigenvalue weighted by Crippen LogP contribution is -2.00. The minimum Gasteiger partial charge on any atom is -0.497 e. The maximum atomic E-state index is 11.4. The number of hydrogen-bond donors (Lipinski definition) is 2. The number of aromatic carboxylic acids is 1. The van der Waals surface area contributed by atoms with Gasteiger partial charge >= 0.3 is 5.97 Å². The second-order valence-corrected chi connectivity index (χ2v) is 8.49. The number of hydrogen-bond acceptors (Lipinski definition) is 4. The molecule has 5 aromatic rings. The summed E-state index contributed by atoms with van der Waals surface area (Å²) >= 11 is 6.60. The number of rotatable bonds is 6. The molecule has 0 amide bonds. The molecule has 0 fully saturated rings. The second kappa shape index (κ2) is 9.16. The normalized spacial score (nSPS) is 10.9. The van der Waals surface area contributed by atoms with Crippen LogP contribution in [0.15, 0.2) is 78.9 Å². The van der Waals surface area contributed by atoms with E-state index in [9.17, 15) is 9.90 Å². The van der Waals surface area contributed by atoms with E-state index >= 15 is 0 Å². The van der Waals surface area contributed by atoms with E-state index in [-0.39, 0.29) is 11.6 Å². The van der Waals surface area contributed by atoms with Crippen molar-refractivity contribution in [2.75, 3.05) is 7.11 Å². The van der Waals surface area contributed by atoms with E-state index in [1.807, 2.05) is 54.6 Å². The van der Waals surface area contributed by atoms with E-state index in [1.54, 1.807) is 32.2 Å². The summed E-state index contributed by atoms with van der Waals surface area (Å²) in [6.07, 6.45) is 0. The number of aromatic nitrogens is 2. The monoisotopic (exact) mass is 484 g/mol. The van der Waals surface area contributed by atoms with Gasteiger partial charge in [0.2, 0.25) is 0 Å². The van der Waals surface area contributed by atoms with Gasteiger partial charge in [-0.2, -0.15) is 4.98 Å². The first-order valence-electron chi connectivity index (χ1n) is 10.9. The van der Waals surface area contributed by atoms with Crippen molar-refractivity contribution in [1.29, 1.82) is 0 Å². The fraction of sp³-hybridized carbons (Fsp3) is 0.0714. The highest BCUT2D eigenvalue weighted by molar-refractivity contribution is 6.34. The summed E-state index contributed by atoms with van der Waals surface area (Å²) < 4.78 is 11.0. The fourth-order valence-electron chi connectivity index (χ4n) is 3.91. The molecule has 0 saturated carbocycles. The minimum absolute atomic E-state index is 0.182. The first kappa shape index (κ1) is 22.5. The zero-order chi connectivity index (χ0) is 24.5. The molecule has 0 unspecified atom stereocenters. The van der Waals surface area contributed by atoms with Crippen molar-refractivity contribution in [1.82, 2.24) is 9.97 Å². The van der Waals surface area contributed by atoms with Crippen molar-refractivity contribution in [2.24, 2.45) is 0 Å². The molecule has 5 rings (SSSR count). The third kappa shape index (κ3) is 4.56. The Hall–Kier alpha value is -4.29. The van der Waals surface area contributed by atoms with Crippen molar-refractivity contribution < 1.29 is 19.4 Å². The largest absolute Gasteiger partial charge is 0.497 e. The highest BCUT2D eigenvalue weighted by Crippen LogP contribution is 2.34. The Kier molecular flexibility index (Phi) is 5.89. The molecule has 1 heterocycles. The lowest BCUT2D eigenvalue weighted by atomic mass is 10.00. The molecule has 0 atom stereocenters. The van der Waals surface area contributed by atoms with Crippen LogP contribution in [0.25, 0.3) is 33.3 Å². The molecule has 0 radical (unpaired) electrons. The molecular formula is C28H21ClN2O4. The van der Waals surface area contributed by atoms with Crippen LogP contribution in [-0.2, 0) is 0 Å². The van der Waals surface area contributed by atoms with Crippen molar-refractivity contribution >= 4 is 28.6 Å². The quantitative estimate of drug-likeness (QED) is 0.263. The van der Waals surface area contributed by atoms with E-state index in [4.69, 9.17) is 21.1 Å². The molecule has 0 bridgehead atoms. The molecule has 174 valence electrons. The van der Waals surface area contributed by atoms with Gasteiger partial charge in [0.25, 0.3) is 6.01 Å². The lowest BCUT2D eigenvalue weighted by Gasteiger charge is -2.08. The molecule has 35 heavy (non-hydrogen) atoms.